The first-order valence-electron chi connectivity index (χ1n) is 8.65. The van der Waals surface area contributed by atoms with Crippen molar-refractivity contribution in [2.75, 3.05) is 12.4 Å². The fraction of sp³-hybridized carbons (Fsp3) is 0.238. The van der Waals surface area contributed by atoms with Crippen LogP contribution in [0.2, 0.25) is 0 Å². The van der Waals surface area contributed by atoms with Gasteiger partial charge in [-0.05, 0) is 36.8 Å². The van der Waals surface area contributed by atoms with E-state index in [4.69, 9.17) is 14.3 Å². The Balaban J connectivity index is 1.54. The lowest BCUT2D eigenvalue weighted by molar-refractivity contribution is -0.133. The summed E-state index contributed by atoms with van der Waals surface area (Å²) in [6, 6.07) is 17.5. The molecule has 1 N–H and O–H groups in total. The van der Waals surface area contributed by atoms with E-state index in [-0.39, 0.29) is 5.75 Å². The number of carboxylic acid groups (broad SMARTS) is 1. The molecule has 0 spiro atoms. The molecule has 3 aromatic rings. The molecule has 3 rings (SSSR count). The number of aliphatic carboxylic acids is 1. The SMILES string of the molecule is Cc1oc(-c2ccccc2)nc1CCOc1cccc(CSCC(=O)O)c1. The number of aryl methyl sites for hydroxylation is 1. The Kier molecular flexibility index (Phi) is 6.54. The van der Waals surface area contributed by atoms with Gasteiger partial charge in [-0.25, -0.2) is 4.98 Å². The molecule has 5 nitrogen and oxygen atoms in total. The van der Waals surface area contributed by atoms with Gasteiger partial charge in [0.2, 0.25) is 5.89 Å². The number of carbonyl (C=O) groups is 1. The van der Waals surface area contributed by atoms with Gasteiger partial charge in [0.1, 0.15) is 11.5 Å². The van der Waals surface area contributed by atoms with E-state index in [0.717, 1.165) is 28.3 Å². The molecule has 1 aromatic heterocycles. The Morgan fingerprint density at radius 2 is 2.00 bits per heavy atom. The van der Waals surface area contributed by atoms with Crippen LogP contribution in [-0.2, 0) is 17.0 Å². The monoisotopic (exact) mass is 383 g/mol. The summed E-state index contributed by atoms with van der Waals surface area (Å²) in [6.07, 6.45) is 0.653. The lowest BCUT2D eigenvalue weighted by Gasteiger charge is -2.07. The van der Waals surface area contributed by atoms with Crippen LogP contribution in [0.1, 0.15) is 17.0 Å². The van der Waals surface area contributed by atoms with Gasteiger partial charge in [-0.1, -0.05) is 30.3 Å². The molecule has 0 saturated heterocycles. The van der Waals surface area contributed by atoms with Gasteiger partial charge >= 0.3 is 5.97 Å². The normalized spacial score (nSPS) is 10.7. The number of oxazole rings is 1. The van der Waals surface area contributed by atoms with Crippen LogP contribution < -0.4 is 4.74 Å². The second-order valence-electron chi connectivity index (χ2n) is 6.02. The number of carboxylic acids is 1. The summed E-state index contributed by atoms with van der Waals surface area (Å²) in [4.78, 5) is 15.2. The molecule has 0 saturated carbocycles. The minimum absolute atomic E-state index is 0.0975. The minimum Gasteiger partial charge on any atom is -0.493 e. The molecule has 0 aliphatic heterocycles. The maximum Gasteiger partial charge on any atom is 0.313 e. The molecule has 2 aromatic carbocycles. The molecule has 0 radical (unpaired) electrons. The maximum atomic E-state index is 10.6. The zero-order valence-corrected chi connectivity index (χ0v) is 15.9. The van der Waals surface area contributed by atoms with E-state index in [1.165, 1.54) is 11.8 Å². The summed E-state index contributed by atoms with van der Waals surface area (Å²) < 4.78 is 11.6. The van der Waals surface area contributed by atoms with Crippen LogP contribution in [0.4, 0.5) is 0 Å². The predicted molar refractivity (Wildman–Crippen MR) is 106 cm³/mol. The molecule has 0 amide bonds. The molecule has 6 heteroatoms. The van der Waals surface area contributed by atoms with Gasteiger partial charge in [-0.3, -0.25) is 4.79 Å². The Morgan fingerprint density at radius 1 is 1.19 bits per heavy atom. The number of hydrogen-bond acceptors (Lipinski definition) is 5. The van der Waals surface area contributed by atoms with Crippen LogP contribution in [-0.4, -0.2) is 28.4 Å². The Hall–Kier alpha value is -2.73. The average Bonchev–Trinajstić information content (AvgIpc) is 3.03. The average molecular weight is 383 g/mol. The summed E-state index contributed by atoms with van der Waals surface area (Å²) in [5.41, 5.74) is 2.89. The standard InChI is InChI=1S/C21H21NO4S/c1-15-19(22-21(26-15)17-7-3-2-4-8-17)10-11-25-18-9-5-6-16(12-18)13-27-14-20(23)24/h2-9,12H,10-11,13-14H2,1H3,(H,23,24). The van der Waals surface area contributed by atoms with Gasteiger partial charge in [0.25, 0.3) is 0 Å². The lowest BCUT2D eigenvalue weighted by Crippen LogP contribution is -2.03. The first-order valence-corrected chi connectivity index (χ1v) is 9.80. The zero-order chi connectivity index (χ0) is 19.1. The molecule has 0 atom stereocenters. The van der Waals surface area contributed by atoms with Gasteiger partial charge in [0.15, 0.2) is 0 Å². The van der Waals surface area contributed by atoms with Gasteiger partial charge in [-0.15, -0.1) is 11.8 Å². The third kappa shape index (κ3) is 5.62. The highest BCUT2D eigenvalue weighted by Gasteiger charge is 2.11. The molecular weight excluding hydrogens is 362 g/mol. The molecule has 1 heterocycles. The van der Waals surface area contributed by atoms with Crippen molar-refractivity contribution in [2.45, 2.75) is 19.1 Å². The predicted octanol–water partition coefficient (Wildman–Crippen LogP) is 4.59. The smallest absolute Gasteiger partial charge is 0.313 e. The van der Waals surface area contributed by atoms with E-state index in [1.54, 1.807) is 0 Å². The van der Waals surface area contributed by atoms with Crippen molar-refractivity contribution in [1.82, 2.24) is 4.98 Å². The van der Waals surface area contributed by atoms with Crippen molar-refractivity contribution < 1.29 is 19.1 Å². The topological polar surface area (TPSA) is 72.6 Å². The third-order valence-electron chi connectivity index (χ3n) is 3.91. The van der Waals surface area contributed by atoms with Gasteiger partial charge < -0.3 is 14.3 Å². The number of thioether (sulfide) groups is 1. The van der Waals surface area contributed by atoms with Crippen LogP contribution in [0.25, 0.3) is 11.5 Å². The Bertz CT molecular complexity index is 892. The van der Waals surface area contributed by atoms with E-state index in [0.29, 0.717) is 24.7 Å². The molecule has 0 aliphatic rings. The van der Waals surface area contributed by atoms with Crippen LogP contribution in [0, 0.1) is 6.92 Å². The van der Waals surface area contributed by atoms with Crippen LogP contribution in [0.3, 0.4) is 0 Å². The molecule has 0 aliphatic carbocycles. The summed E-state index contributed by atoms with van der Waals surface area (Å²) in [5.74, 6) is 2.14. The van der Waals surface area contributed by atoms with E-state index in [1.807, 2.05) is 61.5 Å². The molecule has 0 unspecified atom stereocenters. The summed E-state index contributed by atoms with van der Waals surface area (Å²) in [5, 5.41) is 8.71. The van der Waals surface area contributed by atoms with Crippen molar-refractivity contribution in [1.29, 1.82) is 0 Å². The number of ether oxygens (including phenoxy) is 1. The minimum atomic E-state index is -0.801. The second kappa shape index (κ2) is 9.28. The highest BCUT2D eigenvalue weighted by Crippen LogP contribution is 2.22. The van der Waals surface area contributed by atoms with Gasteiger partial charge in [-0.2, -0.15) is 0 Å². The number of benzene rings is 2. The van der Waals surface area contributed by atoms with E-state index in [2.05, 4.69) is 4.98 Å². The third-order valence-corrected chi connectivity index (χ3v) is 4.90. The summed E-state index contributed by atoms with van der Waals surface area (Å²) in [7, 11) is 0. The number of hydrogen-bond donors (Lipinski definition) is 1. The molecule has 140 valence electrons. The first kappa shape index (κ1) is 19.0. The van der Waals surface area contributed by atoms with E-state index in [9.17, 15) is 4.79 Å². The van der Waals surface area contributed by atoms with Crippen molar-refractivity contribution in [3.63, 3.8) is 0 Å². The molecule has 27 heavy (non-hydrogen) atoms. The van der Waals surface area contributed by atoms with Crippen molar-refractivity contribution in [3.05, 3.63) is 71.6 Å². The zero-order valence-electron chi connectivity index (χ0n) is 15.1. The number of aromatic nitrogens is 1. The summed E-state index contributed by atoms with van der Waals surface area (Å²) >= 11 is 1.37. The fourth-order valence-corrected chi connectivity index (χ4v) is 3.30. The number of rotatable bonds is 9. The fourth-order valence-electron chi connectivity index (χ4n) is 2.61. The second-order valence-corrected chi connectivity index (χ2v) is 7.01. The van der Waals surface area contributed by atoms with Crippen LogP contribution in [0.15, 0.2) is 59.0 Å². The van der Waals surface area contributed by atoms with Crippen molar-refractivity contribution in [2.24, 2.45) is 0 Å². The van der Waals surface area contributed by atoms with Gasteiger partial charge in [0.05, 0.1) is 18.1 Å². The molecule has 0 fully saturated rings. The van der Waals surface area contributed by atoms with Crippen molar-refractivity contribution >= 4 is 17.7 Å². The Labute approximate surface area is 162 Å². The Morgan fingerprint density at radius 3 is 2.78 bits per heavy atom. The van der Waals surface area contributed by atoms with Crippen LogP contribution in [0.5, 0.6) is 5.75 Å². The number of nitrogens with zero attached hydrogens (tertiary/aromatic N) is 1. The quantitative estimate of drug-likeness (QED) is 0.583. The van der Waals surface area contributed by atoms with E-state index < -0.39 is 5.97 Å². The largest absolute Gasteiger partial charge is 0.493 e. The van der Waals surface area contributed by atoms with Crippen molar-refractivity contribution in [3.8, 4) is 17.2 Å². The highest BCUT2D eigenvalue weighted by molar-refractivity contribution is 7.99. The van der Waals surface area contributed by atoms with E-state index >= 15 is 0 Å². The summed E-state index contributed by atoms with van der Waals surface area (Å²) in [6.45, 7) is 2.41. The molecule has 0 bridgehead atoms. The maximum absolute atomic E-state index is 10.6. The first-order chi connectivity index (χ1) is 13.1. The van der Waals surface area contributed by atoms with Gasteiger partial charge in [0, 0.05) is 17.7 Å². The molecular formula is C21H21NO4S. The highest BCUT2D eigenvalue weighted by atomic mass is 32.2. The lowest BCUT2D eigenvalue weighted by atomic mass is 10.2. The van der Waals surface area contributed by atoms with Crippen LogP contribution >= 0.6 is 11.8 Å².